The van der Waals surface area contributed by atoms with E-state index in [1.165, 1.54) is 0 Å². The Morgan fingerprint density at radius 1 is 1.28 bits per heavy atom. The smallest absolute Gasteiger partial charge is 0.220 e. The molecule has 0 bridgehead atoms. The second kappa shape index (κ2) is 7.43. The van der Waals surface area contributed by atoms with Crippen molar-refractivity contribution >= 4 is 27.5 Å². The highest BCUT2D eigenvalue weighted by molar-refractivity contribution is 7.99. The maximum absolute atomic E-state index is 11.4. The molecule has 0 aliphatic carbocycles. The Kier molecular flexibility index (Phi) is 6.21. The Morgan fingerprint density at radius 3 is 2.56 bits per heavy atom. The molecule has 0 aliphatic heterocycles. The molecular formula is C12H17NO3S2. The van der Waals surface area contributed by atoms with Gasteiger partial charge in [0.25, 0.3) is 0 Å². The number of carbonyl (C=O) groups excluding carboxylic acids is 1. The summed E-state index contributed by atoms with van der Waals surface area (Å²) in [6.07, 6.45) is 1.55. The van der Waals surface area contributed by atoms with Gasteiger partial charge in [-0.05, 0) is 12.1 Å². The van der Waals surface area contributed by atoms with Crippen molar-refractivity contribution in [3.8, 4) is 0 Å². The number of carbonyl (C=O) groups is 1. The number of hydrogen-bond acceptors (Lipinski definition) is 4. The zero-order valence-electron chi connectivity index (χ0n) is 10.3. The van der Waals surface area contributed by atoms with E-state index < -0.39 is 9.84 Å². The predicted molar refractivity (Wildman–Crippen MR) is 74.5 cm³/mol. The highest BCUT2D eigenvalue weighted by atomic mass is 32.2. The molecule has 1 rings (SSSR count). The number of sulfone groups is 1. The van der Waals surface area contributed by atoms with Crippen molar-refractivity contribution in [2.75, 3.05) is 24.3 Å². The molecule has 0 fully saturated rings. The molecule has 6 heteroatoms. The Morgan fingerprint density at radius 2 is 1.94 bits per heavy atom. The first kappa shape index (κ1) is 15.0. The summed E-state index contributed by atoms with van der Waals surface area (Å²) in [4.78, 5) is 12.5. The van der Waals surface area contributed by atoms with Crippen LogP contribution in [0.15, 0.2) is 35.2 Å². The van der Waals surface area contributed by atoms with Gasteiger partial charge in [-0.3, -0.25) is 4.79 Å². The number of rotatable bonds is 7. The fourth-order valence-electron chi connectivity index (χ4n) is 1.24. The van der Waals surface area contributed by atoms with Gasteiger partial charge in [-0.2, -0.15) is 0 Å². The van der Waals surface area contributed by atoms with Gasteiger partial charge in [0.2, 0.25) is 5.91 Å². The van der Waals surface area contributed by atoms with Gasteiger partial charge in [0.15, 0.2) is 0 Å². The van der Waals surface area contributed by atoms with Crippen molar-refractivity contribution in [1.29, 1.82) is 0 Å². The van der Waals surface area contributed by atoms with E-state index in [9.17, 15) is 13.2 Å². The summed E-state index contributed by atoms with van der Waals surface area (Å²) in [6.45, 7) is 0.188. The molecule has 100 valence electrons. The van der Waals surface area contributed by atoms with Crippen molar-refractivity contribution in [3.05, 3.63) is 30.3 Å². The van der Waals surface area contributed by atoms with E-state index in [1.807, 2.05) is 30.3 Å². The van der Waals surface area contributed by atoms with Crippen molar-refractivity contribution < 1.29 is 13.2 Å². The van der Waals surface area contributed by atoms with E-state index in [1.54, 1.807) is 11.8 Å². The first-order chi connectivity index (χ1) is 8.47. The van der Waals surface area contributed by atoms with Crippen LogP contribution in [0.4, 0.5) is 0 Å². The second-order valence-corrected chi connectivity index (χ2v) is 7.32. The zero-order chi connectivity index (χ0) is 13.4. The summed E-state index contributed by atoms with van der Waals surface area (Å²) in [5.41, 5.74) is 0. The lowest BCUT2D eigenvalue weighted by atomic mass is 10.4. The lowest BCUT2D eigenvalue weighted by molar-refractivity contribution is -0.120. The van der Waals surface area contributed by atoms with Crippen LogP contribution in [-0.4, -0.2) is 38.6 Å². The minimum absolute atomic E-state index is 0.00936. The van der Waals surface area contributed by atoms with Crippen LogP contribution < -0.4 is 5.32 Å². The summed E-state index contributed by atoms with van der Waals surface area (Å²) < 4.78 is 21.7. The van der Waals surface area contributed by atoms with Crippen molar-refractivity contribution in [1.82, 2.24) is 5.32 Å². The average molecular weight is 287 g/mol. The van der Waals surface area contributed by atoms with Gasteiger partial charge in [-0.15, -0.1) is 11.8 Å². The first-order valence-corrected chi connectivity index (χ1v) is 8.64. The number of benzene rings is 1. The molecule has 18 heavy (non-hydrogen) atoms. The van der Waals surface area contributed by atoms with Crippen LogP contribution in [0.25, 0.3) is 0 Å². The fourth-order valence-corrected chi connectivity index (χ4v) is 2.59. The van der Waals surface area contributed by atoms with Gasteiger partial charge in [0.05, 0.1) is 5.75 Å². The van der Waals surface area contributed by atoms with E-state index in [0.29, 0.717) is 12.2 Å². The van der Waals surface area contributed by atoms with Crippen LogP contribution in [0.5, 0.6) is 0 Å². The molecule has 0 aliphatic rings. The first-order valence-electron chi connectivity index (χ1n) is 5.59. The molecule has 0 heterocycles. The normalized spacial score (nSPS) is 11.2. The topological polar surface area (TPSA) is 63.2 Å². The quantitative estimate of drug-likeness (QED) is 0.769. The third kappa shape index (κ3) is 7.34. The third-order valence-corrected chi connectivity index (χ3v) is 4.10. The molecule has 0 aromatic heterocycles. The minimum atomic E-state index is -3.00. The lowest BCUT2D eigenvalue weighted by Crippen LogP contribution is -2.28. The number of amides is 1. The summed E-state index contributed by atoms with van der Waals surface area (Å²) in [5, 5.41) is 2.59. The van der Waals surface area contributed by atoms with Gasteiger partial charge in [0.1, 0.15) is 9.84 Å². The van der Waals surface area contributed by atoms with Crippen LogP contribution in [0.2, 0.25) is 0 Å². The molecule has 1 aromatic carbocycles. The monoisotopic (exact) mass is 287 g/mol. The largest absolute Gasteiger partial charge is 0.355 e. The number of nitrogens with one attached hydrogen (secondary N) is 1. The molecular weight excluding hydrogens is 270 g/mol. The van der Waals surface area contributed by atoms with Crippen LogP contribution in [-0.2, 0) is 14.6 Å². The maximum atomic E-state index is 11.4. The van der Waals surface area contributed by atoms with Crippen molar-refractivity contribution in [2.45, 2.75) is 11.3 Å². The highest BCUT2D eigenvalue weighted by Crippen LogP contribution is 2.17. The van der Waals surface area contributed by atoms with Crippen LogP contribution in [0.3, 0.4) is 0 Å². The van der Waals surface area contributed by atoms with Crippen LogP contribution in [0, 0.1) is 0 Å². The van der Waals surface area contributed by atoms with Gasteiger partial charge in [-0.25, -0.2) is 8.42 Å². The summed E-state index contributed by atoms with van der Waals surface area (Å²) in [7, 11) is -3.00. The zero-order valence-corrected chi connectivity index (χ0v) is 11.9. The average Bonchev–Trinajstić information content (AvgIpc) is 2.28. The molecule has 0 spiro atoms. The predicted octanol–water partition coefficient (Wildman–Crippen LogP) is 1.33. The van der Waals surface area contributed by atoms with Crippen LogP contribution >= 0.6 is 11.8 Å². The molecule has 0 unspecified atom stereocenters. The molecule has 0 saturated carbocycles. The SMILES string of the molecule is CS(=O)(=O)CCNC(=O)CCSc1ccccc1. The summed E-state index contributed by atoms with van der Waals surface area (Å²) in [6, 6.07) is 9.84. The molecule has 4 nitrogen and oxygen atoms in total. The van der Waals surface area contributed by atoms with E-state index in [4.69, 9.17) is 0 Å². The summed E-state index contributed by atoms with van der Waals surface area (Å²) >= 11 is 1.61. The van der Waals surface area contributed by atoms with E-state index in [0.717, 1.165) is 11.2 Å². The molecule has 1 aromatic rings. The molecule has 0 saturated heterocycles. The Bertz CT molecular complexity index is 471. The fraction of sp³-hybridized carbons (Fsp3) is 0.417. The van der Waals surface area contributed by atoms with E-state index in [-0.39, 0.29) is 18.2 Å². The van der Waals surface area contributed by atoms with Gasteiger partial charge in [-0.1, -0.05) is 18.2 Å². The van der Waals surface area contributed by atoms with Gasteiger partial charge < -0.3 is 5.32 Å². The van der Waals surface area contributed by atoms with E-state index in [2.05, 4.69) is 5.32 Å². The second-order valence-electron chi connectivity index (χ2n) is 3.89. The number of thioether (sulfide) groups is 1. The Balaban J connectivity index is 2.14. The Hall–Kier alpha value is -1.01. The third-order valence-electron chi connectivity index (χ3n) is 2.14. The highest BCUT2D eigenvalue weighted by Gasteiger charge is 2.05. The maximum Gasteiger partial charge on any atom is 0.220 e. The number of hydrogen-bond donors (Lipinski definition) is 1. The molecule has 0 atom stereocenters. The lowest BCUT2D eigenvalue weighted by Gasteiger charge is -2.04. The van der Waals surface area contributed by atoms with Gasteiger partial charge >= 0.3 is 0 Å². The van der Waals surface area contributed by atoms with Crippen molar-refractivity contribution in [3.63, 3.8) is 0 Å². The standard InChI is InChI=1S/C12H17NO3S2/c1-18(15,16)10-8-13-12(14)7-9-17-11-5-3-2-4-6-11/h2-6H,7-10H2,1H3,(H,13,14). The van der Waals surface area contributed by atoms with E-state index >= 15 is 0 Å². The summed E-state index contributed by atoms with van der Waals surface area (Å²) in [5.74, 6) is 0.571. The molecule has 1 amide bonds. The molecule has 0 radical (unpaired) electrons. The molecule has 1 N–H and O–H groups in total. The minimum Gasteiger partial charge on any atom is -0.355 e. The van der Waals surface area contributed by atoms with Gasteiger partial charge in [0, 0.05) is 29.9 Å². The van der Waals surface area contributed by atoms with Crippen molar-refractivity contribution in [2.24, 2.45) is 0 Å². The van der Waals surface area contributed by atoms with Crippen LogP contribution in [0.1, 0.15) is 6.42 Å². The Labute approximate surface area is 112 Å².